The van der Waals surface area contributed by atoms with Crippen LogP contribution in [0.3, 0.4) is 0 Å². The number of aliphatic hydroxyl groups excluding tert-OH is 1. The van der Waals surface area contributed by atoms with Crippen molar-refractivity contribution in [2.24, 2.45) is 0 Å². The molecule has 2 aromatic rings. The number of nitrogens with zero attached hydrogens (tertiary/aromatic N) is 2. The summed E-state index contributed by atoms with van der Waals surface area (Å²) in [6, 6.07) is 11.9. The number of amides is 1. The van der Waals surface area contributed by atoms with Crippen LogP contribution in [-0.2, 0) is 4.79 Å². The van der Waals surface area contributed by atoms with Crippen molar-refractivity contribution in [3.63, 3.8) is 0 Å². The number of anilines is 2. The zero-order valence-electron chi connectivity index (χ0n) is 12.7. The molecular formula is C16H16FN3O4. The molecule has 0 radical (unpaired) electrons. The molecular weight excluding hydrogens is 317 g/mol. The van der Waals surface area contributed by atoms with E-state index in [0.29, 0.717) is 0 Å². The van der Waals surface area contributed by atoms with Crippen LogP contribution in [0.4, 0.5) is 21.5 Å². The first-order chi connectivity index (χ1) is 11.5. The van der Waals surface area contributed by atoms with Gasteiger partial charge in [0.05, 0.1) is 23.8 Å². The molecule has 0 spiro atoms. The van der Waals surface area contributed by atoms with Gasteiger partial charge >= 0.3 is 0 Å². The van der Waals surface area contributed by atoms with Crippen LogP contribution in [-0.4, -0.2) is 35.6 Å². The quantitative estimate of drug-likeness (QED) is 0.598. The second kappa shape index (κ2) is 8.02. The Morgan fingerprint density at radius 2 is 1.96 bits per heavy atom. The van der Waals surface area contributed by atoms with Crippen LogP contribution in [0.25, 0.3) is 0 Å². The van der Waals surface area contributed by atoms with E-state index in [-0.39, 0.29) is 31.1 Å². The summed E-state index contributed by atoms with van der Waals surface area (Å²) < 4.78 is 13.7. The van der Waals surface area contributed by atoms with E-state index in [1.165, 1.54) is 0 Å². The number of non-ortho nitro benzene ring substituents is 1. The molecule has 2 N–H and O–H groups in total. The molecule has 7 nitrogen and oxygen atoms in total. The van der Waals surface area contributed by atoms with Crippen molar-refractivity contribution in [3.05, 3.63) is 64.5 Å². The number of halogens is 1. The lowest BCUT2D eigenvalue weighted by Gasteiger charge is -2.23. The van der Waals surface area contributed by atoms with E-state index in [4.69, 9.17) is 5.11 Å². The summed E-state index contributed by atoms with van der Waals surface area (Å²) >= 11 is 0. The standard InChI is InChI=1S/C16H16FN3O4/c17-14-7-6-13(20(23)24)10-15(14)18-16(22)11-19(8-9-21)12-4-2-1-3-5-12/h1-7,10,21H,8-9,11H2,(H,18,22). The third kappa shape index (κ3) is 4.50. The fourth-order valence-corrected chi connectivity index (χ4v) is 2.14. The molecule has 24 heavy (non-hydrogen) atoms. The number of rotatable bonds is 7. The van der Waals surface area contributed by atoms with Crippen LogP contribution in [0.2, 0.25) is 0 Å². The first-order valence-corrected chi connectivity index (χ1v) is 7.16. The highest BCUT2D eigenvalue weighted by Crippen LogP contribution is 2.21. The molecule has 8 heteroatoms. The Kier molecular flexibility index (Phi) is 5.80. The summed E-state index contributed by atoms with van der Waals surface area (Å²) in [5.41, 5.74) is 0.148. The first kappa shape index (κ1) is 17.4. The summed E-state index contributed by atoms with van der Waals surface area (Å²) in [7, 11) is 0. The molecule has 0 aliphatic carbocycles. The van der Waals surface area contributed by atoms with Crippen LogP contribution >= 0.6 is 0 Å². The van der Waals surface area contributed by atoms with Gasteiger partial charge in [0.2, 0.25) is 5.91 Å². The van der Waals surface area contributed by atoms with Gasteiger partial charge in [-0.1, -0.05) is 18.2 Å². The van der Waals surface area contributed by atoms with E-state index < -0.39 is 16.6 Å². The van der Waals surface area contributed by atoms with Gasteiger partial charge in [0.25, 0.3) is 5.69 Å². The topological polar surface area (TPSA) is 95.7 Å². The molecule has 0 saturated heterocycles. The van der Waals surface area contributed by atoms with E-state index in [9.17, 15) is 19.3 Å². The monoisotopic (exact) mass is 333 g/mol. The van der Waals surface area contributed by atoms with Crippen molar-refractivity contribution < 1.29 is 19.2 Å². The minimum absolute atomic E-state index is 0.132. The lowest BCUT2D eigenvalue weighted by Crippen LogP contribution is -2.35. The number of hydrogen-bond acceptors (Lipinski definition) is 5. The molecule has 2 rings (SSSR count). The Morgan fingerprint density at radius 1 is 1.25 bits per heavy atom. The zero-order valence-corrected chi connectivity index (χ0v) is 12.7. The van der Waals surface area contributed by atoms with Crippen LogP contribution in [0, 0.1) is 15.9 Å². The van der Waals surface area contributed by atoms with Gasteiger partial charge in [-0.05, 0) is 18.2 Å². The summed E-state index contributed by atoms with van der Waals surface area (Å²) in [6.07, 6.45) is 0. The van der Waals surface area contributed by atoms with Crippen LogP contribution in [0.15, 0.2) is 48.5 Å². The number of nitro groups is 1. The van der Waals surface area contributed by atoms with Crippen molar-refractivity contribution in [2.45, 2.75) is 0 Å². The Hall–Kier alpha value is -3.00. The van der Waals surface area contributed by atoms with E-state index in [1.54, 1.807) is 29.2 Å². The minimum atomic E-state index is -0.762. The van der Waals surface area contributed by atoms with Crippen LogP contribution in [0.1, 0.15) is 0 Å². The average Bonchev–Trinajstić information content (AvgIpc) is 2.57. The highest BCUT2D eigenvalue weighted by Gasteiger charge is 2.15. The lowest BCUT2D eigenvalue weighted by atomic mass is 10.2. The van der Waals surface area contributed by atoms with E-state index in [2.05, 4.69) is 5.32 Å². The molecule has 0 unspecified atom stereocenters. The fourth-order valence-electron chi connectivity index (χ4n) is 2.14. The molecule has 126 valence electrons. The van der Waals surface area contributed by atoms with Crippen molar-refractivity contribution in [1.29, 1.82) is 0 Å². The van der Waals surface area contributed by atoms with Gasteiger partial charge in [0.15, 0.2) is 0 Å². The molecule has 0 heterocycles. The van der Waals surface area contributed by atoms with Gasteiger partial charge in [0, 0.05) is 24.4 Å². The normalized spacial score (nSPS) is 10.2. The van der Waals surface area contributed by atoms with Gasteiger partial charge in [-0.2, -0.15) is 0 Å². The van der Waals surface area contributed by atoms with E-state index in [0.717, 1.165) is 23.9 Å². The maximum Gasteiger partial charge on any atom is 0.271 e. The predicted octanol–water partition coefficient (Wildman–Crippen LogP) is 2.17. The summed E-state index contributed by atoms with van der Waals surface area (Å²) in [5, 5.41) is 22.2. The second-order valence-corrected chi connectivity index (χ2v) is 4.95. The van der Waals surface area contributed by atoms with E-state index in [1.807, 2.05) is 6.07 Å². The number of carbonyl (C=O) groups is 1. The van der Waals surface area contributed by atoms with Crippen molar-refractivity contribution in [3.8, 4) is 0 Å². The molecule has 0 atom stereocenters. The summed E-state index contributed by atoms with van der Waals surface area (Å²) in [4.78, 5) is 23.8. The Bertz CT molecular complexity index is 725. The van der Waals surface area contributed by atoms with Crippen molar-refractivity contribution >= 4 is 23.0 Å². The minimum Gasteiger partial charge on any atom is -0.395 e. The number of benzene rings is 2. The number of para-hydroxylation sites is 1. The lowest BCUT2D eigenvalue weighted by molar-refractivity contribution is -0.384. The zero-order chi connectivity index (χ0) is 17.5. The maximum atomic E-state index is 13.7. The Balaban J connectivity index is 2.11. The predicted molar refractivity (Wildman–Crippen MR) is 87.4 cm³/mol. The van der Waals surface area contributed by atoms with Crippen molar-refractivity contribution in [1.82, 2.24) is 0 Å². The molecule has 0 aliphatic heterocycles. The third-order valence-electron chi connectivity index (χ3n) is 3.26. The summed E-state index contributed by atoms with van der Waals surface area (Å²) in [6.45, 7) is -0.0745. The van der Waals surface area contributed by atoms with Gasteiger partial charge in [0.1, 0.15) is 5.82 Å². The highest BCUT2D eigenvalue weighted by atomic mass is 19.1. The van der Waals surface area contributed by atoms with Gasteiger partial charge in [-0.25, -0.2) is 4.39 Å². The fraction of sp³-hybridized carbons (Fsp3) is 0.188. The Labute approximate surface area is 137 Å². The number of nitro benzene ring substituents is 1. The molecule has 0 fully saturated rings. The van der Waals surface area contributed by atoms with Crippen LogP contribution in [0.5, 0.6) is 0 Å². The largest absolute Gasteiger partial charge is 0.395 e. The van der Waals surface area contributed by atoms with Gasteiger partial charge in [-0.15, -0.1) is 0 Å². The van der Waals surface area contributed by atoms with Crippen LogP contribution < -0.4 is 10.2 Å². The number of hydrogen-bond donors (Lipinski definition) is 2. The molecule has 0 bridgehead atoms. The molecule has 0 aromatic heterocycles. The SMILES string of the molecule is O=C(CN(CCO)c1ccccc1)Nc1cc([N+](=O)[O-])ccc1F. The number of carbonyl (C=O) groups excluding carboxylic acids is 1. The first-order valence-electron chi connectivity index (χ1n) is 7.16. The molecule has 2 aromatic carbocycles. The van der Waals surface area contributed by atoms with Gasteiger partial charge < -0.3 is 15.3 Å². The van der Waals surface area contributed by atoms with E-state index >= 15 is 0 Å². The second-order valence-electron chi connectivity index (χ2n) is 4.95. The summed E-state index contributed by atoms with van der Waals surface area (Å²) in [5.74, 6) is -1.31. The molecule has 1 amide bonds. The average molecular weight is 333 g/mol. The smallest absolute Gasteiger partial charge is 0.271 e. The van der Waals surface area contributed by atoms with Crippen molar-refractivity contribution in [2.75, 3.05) is 29.9 Å². The maximum absolute atomic E-state index is 13.7. The molecule has 0 aliphatic rings. The number of nitrogens with one attached hydrogen (secondary N) is 1. The third-order valence-corrected chi connectivity index (χ3v) is 3.26. The highest BCUT2D eigenvalue weighted by molar-refractivity contribution is 5.94. The van der Waals surface area contributed by atoms with Gasteiger partial charge in [-0.3, -0.25) is 14.9 Å². The Morgan fingerprint density at radius 3 is 2.58 bits per heavy atom. The molecule has 0 saturated carbocycles. The number of aliphatic hydroxyl groups is 1.